The topological polar surface area (TPSA) is 83.6 Å². The fraction of sp³-hybridized carbons (Fsp3) is 0.190. The smallest absolute Gasteiger partial charge is 0.334 e. The number of aromatic nitrogens is 4. The standard InChI is InChI=1S/C21H16N4O4/c1-4-10-24-20(26)18-19(25(21(24)27)12-16-13-29-16)22-17(23(18)2)9-8-14-6-5-7-15(11-14)28-3/h1,5-7,11,13H,10,12H2,2-3H3. The first kappa shape index (κ1) is 18.2. The molecule has 0 spiro atoms. The molecule has 1 aromatic carbocycles. The molecule has 0 N–H and O–H groups in total. The number of aryl methyl sites for hydroxylation is 1. The average Bonchev–Trinajstić information content (AvgIpc) is 3.49. The molecule has 8 heteroatoms. The Morgan fingerprint density at radius 1 is 1.24 bits per heavy atom. The van der Waals surface area contributed by atoms with Gasteiger partial charge in [0.25, 0.3) is 5.56 Å². The maximum atomic E-state index is 12.9. The van der Waals surface area contributed by atoms with Crippen LogP contribution in [-0.2, 0) is 24.9 Å². The first-order valence-electron chi connectivity index (χ1n) is 8.68. The average molecular weight is 388 g/mol. The molecule has 0 amide bonds. The summed E-state index contributed by atoms with van der Waals surface area (Å²) in [5.74, 6) is 9.96. The maximum absolute atomic E-state index is 12.9. The number of allylic oxidation sites excluding steroid dienone is 1. The van der Waals surface area contributed by atoms with Gasteiger partial charge in [-0.2, -0.15) is 0 Å². The van der Waals surface area contributed by atoms with Crippen molar-refractivity contribution < 1.29 is 9.47 Å². The number of fused-ring (bicyclic) bond motifs is 1. The first-order valence-corrected chi connectivity index (χ1v) is 8.68. The van der Waals surface area contributed by atoms with Crippen molar-refractivity contribution >= 4 is 11.2 Å². The van der Waals surface area contributed by atoms with E-state index in [1.54, 1.807) is 24.8 Å². The molecular weight excluding hydrogens is 372 g/mol. The lowest BCUT2D eigenvalue weighted by atomic mass is 10.2. The van der Waals surface area contributed by atoms with E-state index in [1.165, 1.54) is 10.8 Å². The second-order valence-electron chi connectivity index (χ2n) is 6.31. The lowest BCUT2D eigenvalue weighted by molar-refractivity contribution is 0.414. The second-order valence-corrected chi connectivity index (χ2v) is 6.31. The summed E-state index contributed by atoms with van der Waals surface area (Å²) in [5.41, 5.74) is 0.171. The summed E-state index contributed by atoms with van der Waals surface area (Å²) in [6.07, 6.45) is 6.87. The largest absolute Gasteiger partial charge is 0.497 e. The lowest BCUT2D eigenvalue weighted by Crippen LogP contribution is -2.40. The van der Waals surface area contributed by atoms with Crippen LogP contribution in [0.25, 0.3) is 11.2 Å². The van der Waals surface area contributed by atoms with Crippen LogP contribution in [0.5, 0.6) is 5.75 Å². The highest BCUT2D eigenvalue weighted by Crippen LogP contribution is 2.18. The Morgan fingerprint density at radius 2 is 2.03 bits per heavy atom. The summed E-state index contributed by atoms with van der Waals surface area (Å²) >= 11 is 0. The molecule has 3 heterocycles. The van der Waals surface area contributed by atoms with Gasteiger partial charge in [-0.3, -0.25) is 9.36 Å². The van der Waals surface area contributed by atoms with Gasteiger partial charge in [0.1, 0.15) is 12.0 Å². The van der Waals surface area contributed by atoms with Gasteiger partial charge in [0, 0.05) is 12.6 Å². The van der Waals surface area contributed by atoms with Crippen molar-refractivity contribution in [3.63, 3.8) is 0 Å². The number of hydrogen-bond donors (Lipinski definition) is 0. The zero-order valence-electron chi connectivity index (χ0n) is 15.8. The highest BCUT2D eigenvalue weighted by atomic mass is 16.5. The van der Waals surface area contributed by atoms with Gasteiger partial charge in [0.05, 0.1) is 20.2 Å². The van der Waals surface area contributed by atoms with E-state index in [0.29, 0.717) is 17.3 Å². The molecule has 0 unspecified atom stereocenters. The third-order valence-corrected chi connectivity index (χ3v) is 4.48. The summed E-state index contributed by atoms with van der Waals surface area (Å²) in [5, 5.41) is 0. The van der Waals surface area contributed by atoms with Gasteiger partial charge < -0.3 is 14.0 Å². The summed E-state index contributed by atoms with van der Waals surface area (Å²) < 4.78 is 14.2. The molecule has 4 rings (SSSR count). The van der Waals surface area contributed by atoms with E-state index in [1.807, 2.05) is 18.2 Å². The normalized spacial score (nSPS) is 11.8. The van der Waals surface area contributed by atoms with E-state index in [9.17, 15) is 9.59 Å². The fourth-order valence-corrected chi connectivity index (χ4v) is 2.95. The minimum absolute atomic E-state index is 0.135. The molecule has 0 fully saturated rings. The molecule has 0 saturated carbocycles. The van der Waals surface area contributed by atoms with Crippen molar-refractivity contribution in [2.45, 2.75) is 13.1 Å². The van der Waals surface area contributed by atoms with Crippen LogP contribution in [0.2, 0.25) is 0 Å². The highest BCUT2D eigenvalue weighted by molar-refractivity contribution is 5.72. The van der Waals surface area contributed by atoms with Crippen LogP contribution >= 0.6 is 0 Å². The molecule has 0 aliphatic carbocycles. The van der Waals surface area contributed by atoms with Crippen molar-refractivity contribution in [1.29, 1.82) is 0 Å². The van der Waals surface area contributed by atoms with Crippen molar-refractivity contribution in [3.8, 4) is 29.9 Å². The predicted octanol–water partition coefficient (Wildman–Crippen LogP) is 0.810. The molecule has 0 saturated heterocycles. The summed E-state index contributed by atoms with van der Waals surface area (Å²) in [6.45, 7) is 0.0312. The quantitative estimate of drug-likeness (QED) is 0.618. The van der Waals surface area contributed by atoms with Crippen LogP contribution < -0.4 is 16.0 Å². The molecule has 1 aliphatic heterocycles. The summed E-state index contributed by atoms with van der Waals surface area (Å²) in [6, 6.07) is 7.28. The number of nitrogens with zero attached hydrogens (tertiary/aromatic N) is 4. The minimum atomic E-state index is -0.540. The van der Waals surface area contributed by atoms with E-state index in [-0.39, 0.29) is 24.3 Å². The number of methoxy groups -OCH3 is 1. The number of rotatable bonds is 4. The molecule has 0 radical (unpaired) electrons. The Bertz CT molecular complexity index is 1390. The third kappa shape index (κ3) is 3.28. The van der Waals surface area contributed by atoms with Crippen LogP contribution in [0.15, 0.2) is 45.9 Å². The first-order chi connectivity index (χ1) is 14.0. The number of benzene rings is 1. The van der Waals surface area contributed by atoms with E-state index in [0.717, 1.165) is 10.1 Å². The number of imidazole rings is 1. The van der Waals surface area contributed by atoms with Gasteiger partial charge in [-0.25, -0.2) is 14.3 Å². The van der Waals surface area contributed by atoms with Crippen molar-refractivity contribution in [2.75, 3.05) is 7.11 Å². The molecule has 2 aromatic heterocycles. The van der Waals surface area contributed by atoms with E-state index in [2.05, 4.69) is 22.7 Å². The van der Waals surface area contributed by atoms with E-state index >= 15 is 0 Å². The molecule has 1 aliphatic rings. The van der Waals surface area contributed by atoms with Crippen LogP contribution in [0.4, 0.5) is 0 Å². The Morgan fingerprint density at radius 3 is 2.72 bits per heavy atom. The van der Waals surface area contributed by atoms with Crippen molar-refractivity contribution in [2.24, 2.45) is 7.05 Å². The van der Waals surface area contributed by atoms with Crippen LogP contribution in [-0.4, -0.2) is 25.8 Å². The van der Waals surface area contributed by atoms with Gasteiger partial charge >= 0.3 is 5.69 Å². The molecule has 29 heavy (non-hydrogen) atoms. The third-order valence-electron chi connectivity index (χ3n) is 4.48. The molecule has 3 aromatic rings. The molecular formula is C21H16N4O4. The Balaban J connectivity index is 1.91. The fourth-order valence-electron chi connectivity index (χ4n) is 2.95. The zero-order chi connectivity index (χ0) is 20.5. The highest BCUT2D eigenvalue weighted by Gasteiger charge is 2.22. The van der Waals surface area contributed by atoms with Gasteiger partial charge in [-0.05, 0) is 24.1 Å². The maximum Gasteiger partial charge on any atom is 0.334 e. The number of ether oxygens (including phenoxy) is 2. The molecule has 8 nitrogen and oxygen atoms in total. The van der Waals surface area contributed by atoms with Gasteiger partial charge in [0.15, 0.2) is 22.7 Å². The predicted molar refractivity (Wildman–Crippen MR) is 106 cm³/mol. The lowest BCUT2D eigenvalue weighted by Gasteiger charge is -2.07. The van der Waals surface area contributed by atoms with Crippen LogP contribution in [0, 0.1) is 24.2 Å². The summed E-state index contributed by atoms with van der Waals surface area (Å²) in [7, 11) is 3.26. The molecule has 144 valence electrons. The second kappa shape index (κ2) is 7.10. The van der Waals surface area contributed by atoms with E-state index in [4.69, 9.17) is 15.9 Å². The van der Waals surface area contributed by atoms with Crippen molar-refractivity contribution in [1.82, 2.24) is 18.7 Å². The minimum Gasteiger partial charge on any atom is -0.497 e. The van der Waals surface area contributed by atoms with E-state index < -0.39 is 11.2 Å². The Labute approximate surface area is 165 Å². The molecule has 0 bridgehead atoms. The van der Waals surface area contributed by atoms with Crippen molar-refractivity contribution in [3.05, 3.63) is 68.5 Å². The van der Waals surface area contributed by atoms with Gasteiger partial charge in [-0.1, -0.05) is 17.9 Å². The Hall–Kier alpha value is -4.17. The van der Waals surface area contributed by atoms with Crippen LogP contribution in [0.1, 0.15) is 11.4 Å². The van der Waals surface area contributed by atoms with Gasteiger partial charge in [0.2, 0.25) is 0 Å². The van der Waals surface area contributed by atoms with Crippen LogP contribution in [0.3, 0.4) is 0 Å². The number of terminal acetylenes is 1. The Kier molecular flexibility index (Phi) is 4.46. The number of hydrogen-bond acceptors (Lipinski definition) is 5. The zero-order valence-corrected chi connectivity index (χ0v) is 15.8. The molecule has 0 atom stereocenters. The van der Waals surface area contributed by atoms with Gasteiger partial charge in [-0.15, -0.1) is 6.42 Å². The summed E-state index contributed by atoms with van der Waals surface area (Å²) in [4.78, 5) is 30.1. The monoisotopic (exact) mass is 388 g/mol. The SMILES string of the molecule is C#CCn1c(=O)c2c(nc(C#Cc3cccc(OC)c3)n2C)n(CC2=CO2)c1=O.